The smallest absolute Gasteiger partial charge is 0.0603 e. The lowest BCUT2D eigenvalue weighted by Gasteiger charge is -2.15. The zero-order valence-corrected chi connectivity index (χ0v) is 6.81. The average molecular weight is 131 g/mol. The van der Waals surface area contributed by atoms with Gasteiger partial charge in [-0.25, -0.2) is 0 Å². The highest BCUT2D eigenvalue weighted by atomic mass is 16.3. The number of hydrogen-bond acceptors (Lipinski definition) is 1. The Hall–Kier alpha value is -0.0400. The molecule has 0 unspecified atom stereocenters. The van der Waals surface area contributed by atoms with E-state index in [4.69, 9.17) is 1.37 Å². The van der Waals surface area contributed by atoms with Gasteiger partial charge >= 0.3 is 0 Å². The van der Waals surface area contributed by atoms with Crippen molar-refractivity contribution < 1.29 is 6.48 Å². The first-order valence-electron chi connectivity index (χ1n) is 4.08. The van der Waals surface area contributed by atoms with Crippen molar-refractivity contribution in [3.63, 3.8) is 0 Å². The largest absolute Gasteiger partial charge is 0.393 e. The van der Waals surface area contributed by atoms with Gasteiger partial charge in [-0.05, 0) is 18.3 Å². The van der Waals surface area contributed by atoms with Crippen LogP contribution in [0.25, 0.3) is 0 Å². The van der Waals surface area contributed by atoms with Crippen molar-refractivity contribution in [3.05, 3.63) is 0 Å². The van der Waals surface area contributed by atoms with Crippen LogP contribution in [-0.2, 0) is 0 Å². The fraction of sp³-hybridized carbons (Fsp3) is 1.00. The molecule has 0 saturated carbocycles. The summed E-state index contributed by atoms with van der Waals surface area (Å²) in [5.74, 6) is 0.416. The number of hydrogen-bond donors (Lipinski definition) is 1. The summed E-state index contributed by atoms with van der Waals surface area (Å²) in [4.78, 5) is 0. The molecule has 9 heavy (non-hydrogen) atoms. The Labute approximate surface area is 59.5 Å². The van der Waals surface area contributed by atoms with Crippen molar-refractivity contribution in [3.8, 4) is 0 Å². The molecule has 0 aromatic heterocycles. The summed E-state index contributed by atoms with van der Waals surface area (Å²) in [6.45, 7) is 7.77. The van der Waals surface area contributed by atoms with Crippen LogP contribution in [0.15, 0.2) is 0 Å². The molecule has 0 bridgehead atoms. The van der Waals surface area contributed by atoms with E-state index in [0.29, 0.717) is 12.3 Å². The highest BCUT2D eigenvalue weighted by Crippen LogP contribution is 2.11. The SMILES string of the molecule is [2H][C@@](O)(CC(C)C)C(C)C. The Morgan fingerprint density at radius 2 is 1.78 bits per heavy atom. The fourth-order valence-corrected chi connectivity index (χ4v) is 0.654. The Balaban J connectivity index is 3.87. The van der Waals surface area contributed by atoms with Gasteiger partial charge in [-0.1, -0.05) is 27.7 Å². The van der Waals surface area contributed by atoms with E-state index < -0.39 is 6.08 Å². The van der Waals surface area contributed by atoms with Gasteiger partial charge in [0.2, 0.25) is 0 Å². The van der Waals surface area contributed by atoms with E-state index in [1.54, 1.807) is 0 Å². The first-order chi connectivity index (χ1) is 4.36. The Bertz CT molecular complexity index is 97.4. The minimum Gasteiger partial charge on any atom is -0.393 e. The second kappa shape index (κ2) is 3.89. The maximum absolute atomic E-state index is 9.43. The molecule has 0 radical (unpaired) electrons. The van der Waals surface area contributed by atoms with Gasteiger partial charge in [0, 0.05) is 0 Å². The average Bonchev–Trinajstić information content (AvgIpc) is 1.60. The molecule has 0 amide bonds. The third-order valence-corrected chi connectivity index (χ3v) is 1.28. The van der Waals surface area contributed by atoms with E-state index in [2.05, 4.69) is 0 Å². The molecule has 0 aliphatic heterocycles. The summed E-state index contributed by atoms with van der Waals surface area (Å²) < 4.78 is 7.47. The molecule has 0 aromatic carbocycles. The van der Waals surface area contributed by atoms with Gasteiger partial charge in [0.05, 0.1) is 7.45 Å². The van der Waals surface area contributed by atoms with Crippen LogP contribution in [0.2, 0.25) is 0 Å². The maximum Gasteiger partial charge on any atom is 0.0603 e. The first-order valence-corrected chi connectivity index (χ1v) is 3.58. The standard InChI is InChI=1S/C8H18O/c1-6(2)5-8(9)7(3)4/h6-9H,5H2,1-4H3/t8-/m1/s1/i8D. The van der Waals surface area contributed by atoms with Gasteiger partial charge in [0.15, 0.2) is 0 Å². The Morgan fingerprint density at radius 3 is 1.89 bits per heavy atom. The predicted octanol–water partition coefficient (Wildman–Crippen LogP) is 2.05. The van der Waals surface area contributed by atoms with Crippen molar-refractivity contribution >= 4 is 0 Å². The molecule has 56 valence electrons. The van der Waals surface area contributed by atoms with Crippen molar-refractivity contribution in [2.45, 2.75) is 40.2 Å². The Morgan fingerprint density at radius 1 is 1.33 bits per heavy atom. The van der Waals surface area contributed by atoms with E-state index >= 15 is 0 Å². The topological polar surface area (TPSA) is 20.2 Å². The predicted molar refractivity (Wildman–Crippen MR) is 40.3 cm³/mol. The van der Waals surface area contributed by atoms with Crippen molar-refractivity contribution in [2.75, 3.05) is 0 Å². The van der Waals surface area contributed by atoms with Gasteiger partial charge in [-0.2, -0.15) is 0 Å². The van der Waals surface area contributed by atoms with E-state index in [9.17, 15) is 5.11 Å². The van der Waals surface area contributed by atoms with Crippen LogP contribution in [-0.4, -0.2) is 11.2 Å². The third kappa shape index (κ3) is 4.46. The summed E-state index contributed by atoms with van der Waals surface area (Å²) >= 11 is 0. The second-order valence-electron chi connectivity index (χ2n) is 3.24. The summed E-state index contributed by atoms with van der Waals surface area (Å²) in [5.41, 5.74) is 0. The molecule has 0 saturated heterocycles. The van der Waals surface area contributed by atoms with Crippen LogP contribution in [0.1, 0.15) is 35.5 Å². The summed E-state index contributed by atoms with van der Waals surface area (Å²) in [6.07, 6.45) is -0.668. The van der Waals surface area contributed by atoms with Crippen LogP contribution in [0, 0.1) is 11.8 Å². The molecule has 0 aliphatic rings. The van der Waals surface area contributed by atoms with Crippen molar-refractivity contribution in [2.24, 2.45) is 11.8 Å². The number of aliphatic hydroxyl groups is 1. The molecule has 1 heteroatoms. The second-order valence-corrected chi connectivity index (χ2v) is 3.24. The molecule has 0 fully saturated rings. The van der Waals surface area contributed by atoms with Gasteiger partial charge < -0.3 is 5.11 Å². The third-order valence-electron chi connectivity index (χ3n) is 1.28. The highest BCUT2D eigenvalue weighted by molar-refractivity contribution is 4.61. The van der Waals surface area contributed by atoms with Gasteiger partial charge in [-0.15, -0.1) is 0 Å². The normalized spacial score (nSPS) is 20.1. The lowest BCUT2D eigenvalue weighted by molar-refractivity contribution is 0.103. The monoisotopic (exact) mass is 131 g/mol. The maximum atomic E-state index is 9.43. The summed E-state index contributed by atoms with van der Waals surface area (Å²) in [7, 11) is 0. The minimum absolute atomic E-state index is 0.0231. The molecule has 0 aliphatic carbocycles. The molecule has 0 spiro atoms. The molecular formula is C8H18O. The quantitative estimate of drug-likeness (QED) is 0.621. The van der Waals surface area contributed by atoms with Crippen molar-refractivity contribution in [1.82, 2.24) is 0 Å². The molecule has 0 heterocycles. The lowest BCUT2D eigenvalue weighted by atomic mass is 9.98. The zero-order valence-electron chi connectivity index (χ0n) is 7.81. The van der Waals surface area contributed by atoms with Crippen LogP contribution < -0.4 is 0 Å². The van der Waals surface area contributed by atoms with Crippen LogP contribution >= 0.6 is 0 Å². The Kier molecular flexibility index (Phi) is 3.05. The molecule has 1 N–H and O–H groups in total. The van der Waals surface area contributed by atoms with E-state index in [0.717, 1.165) is 0 Å². The van der Waals surface area contributed by atoms with Crippen LogP contribution in [0.4, 0.5) is 0 Å². The molecule has 0 rings (SSSR count). The number of rotatable bonds is 3. The van der Waals surface area contributed by atoms with E-state index in [1.165, 1.54) is 0 Å². The summed E-state index contributed by atoms with van der Waals surface area (Å²) in [6, 6.07) is 0. The molecular weight excluding hydrogens is 112 g/mol. The lowest BCUT2D eigenvalue weighted by Crippen LogP contribution is -2.16. The van der Waals surface area contributed by atoms with Crippen molar-refractivity contribution in [1.29, 1.82) is 0 Å². The highest BCUT2D eigenvalue weighted by Gasteiger charge is 2.09. The molecule has 0 aromatic rings. The van der Waals surface area contributed by atoms with Crippen LogP contribution in [0.3, 0.4) is 0 Å². The van der Waals surface area contributed by atoms with Crippen LogP contribution in [0.5, 0.6) is 0 Å². The van der Waals surface area contributed by atoms with Gasteiger partial charge in [-0.3, -0.25) is 0 Å². The molecule has 1 nitrogen and oxygen atoms in total. The first kappa shape index (κ1) is 7.07. The van der Waals surface area contributed by atoms with E-state index in [1.807, 2.05) is 27.7 Å². The fourth-order valence-electron chi connectivity index (χ4n) is 0.654. The zero-order chi connectivity index (χ0) is 8.36. The summed E-state index contributed by atoms with van der Waals surface area (Å²) in [5, 5.41) is 9.43. The van der Waals surface area contributed by atoms with Gasteiger partial charge in [0.25, 0.3) is 0 Å². The van der Waals surface area contributed by atoms with E-state index in [-0.39, 0.29) is 5.92 Å². The minimum atomic E-state index is -1.23. The van der Waals surface area contributed by atoms with Gasteiger partial charge in [0.1, 0.15) is 0 Å². The molecule has 1 atom stereocenters.